The number of aromatic nitrogens is 1. The molecule has 19 heavy (non-hydrogen) atoms. The van der Waals surface area contributed by atoms with Crippen LogP contribution in [0.2, 0.25) is 0 Å². The van der Waals surface area contributed by atoms with Crippen molar-refractivity contribution in [2.45, 2.75) is 19.4 Å². The van der Waals surface area contributed by atoms with Crippen LogP contribution in [-0.4, -0.2) is 10.9 Å². The van der Waals surface area contributed by atoms with Gasteiger partial charge >= 0.3 is 0 Å². The summed E-state index contributed by atoms with van der Waals surface area (Å²) in [4.78, 5) is 16.3. The molecule has 0 atom stereocenters. The molecule has 1 heterocycles. The van der Waals surface area contributed by atoms with Crippen molar-refractivity contribution in [2.24, 2.45) is 0 Å². The summed E-state index contributed by atoms with van der Waals surface area (Å²) in [5, 5.41) is 5.40. The highest BCUT2D eigenvalue weighted by atomic mass is 79.9. The van der Waals surface area contributed by atoms with Crippen LogP contribution >= 0.6 is 27.3 Å². The Morgan fingerprint density at radius 1 is 1.47 bits per heavy atom. The van der Waals surface area contributed by atoms with E-state index in [2.05, 4.69) is 26.2 Å². The predicted octanol–water partition coefficient (Wildman–Crippen LogP) is 3.71. The van der Waals surface area contributed by atoms with Gasteiger partial charge in [0, 0.05) is 11.6 Å². The Hall–Kier alpha value is -1.27. The zero-order valence-electron chi connectivity index (χ0n) is 10.4. The number of amides is 1. The largest absolute Gasteiger partial charge is 0.341 e. The zero-order valence-corrected chi connectivity index (χ0v) is 12.8. The number of rotatable bonds is 3. The lowest BCUT2D eigenvalue weighted by Crippen LogP contribution is -2.41. The van der Waals surface area contributed by atoms with Crippen LogP contribution in [0.15, 0.2) is 34.2 Å². The van der Waals surface area contributed by atoms with Gasteiger partial charge in [-0.05, 0) is 41.9 Å². The van der Waals surface area contributed by atoms with E-state index in [0.29, 0.717) is 0 Å². The number of benzene rings is 1. The molecule has 0 fully saturated rings. The Kier molecular flexibility index (Phi) is 4.01. The maximum atomic E-state index is 13.8. The Bertz CT molecular complexity index is 599. The third kappa shape index (κ3) is 3.01. The summed E-state index contributed by atoms with van der Waals surface area (Å²) in [7, 11) is 0. The molecular formula is C13H12BrFN2OS. The van der Waals surface area contributed by atoms with Crippen LogP contribution in [0.4, 0.5) is 4.39 Å². The van der Waals surface area contributed by atoms with Gasteiger partial charge in [0.25, 0.3) is 5.91 Å². The van der Waals surface area contributed by atoms with Crippen molar-refractivity contribution < 1.29 is 9.18 Å². The van der Waals surface area contributed by atoms with Crippen LogP contribution in [0.1, 0.15) is 29.2 Å². The van der Waals surface area contributed by atoms with Crippen molar-refractivity contribution in [3.8, 4) is 0 Å². The van der Waals surface area contributed by atoms with Gasteiger partial charge < -0.3 is 5.32 Å². The zero-order chi connectivity index (χ0) is 14.0. The molecule has 0 radical (unpaired) electrons. The average molecular weight is 343 g/mol. The topological polar surface area (TPSA) is 42.0 Å². The fraction of sp³-hybridized carbons (Fsp3) is 0.231. The molecule has 0 bridgehead atoms. The van der Waals surface area contributed by atoms with Crippen LogP contribution in [0.25, 0.3) is 0 Å². The number of hydrogen-bond acceptors (Lipinski definition) is 3. The minimum Gasteiger partial charge on any atom is -0.341 e. The lowest BCUT2D eigenvalue weighted by molar-refractivity contribution is 0.0907. The van der Waals surface area contributed by atoms with Gasteiger partial charge in [0.2, 0.25) is 0 Å². The molecule has 0 aliphatic heterocycles. The summed E-state index contributed by atoms with van der Waals surface area (Å²) in [6.07, 6.45) is 1.67. The van der Waals surface area contributed by atoms with E-state index in [1.54, 1.807) is 18.3 Å². The molecule has 0 saturated carbocycles. The molecule has 3 nitrogen and oxygen atoms in total. The third-order valence-electron chi connectivity index (χ3n) is 2.59. The third-order valence-corrected chi connectivity index (χ3v) is 4.30. The van der Waals surface area contributed by atoms with E-state index < -0.39 is 17.3 Å². The maximum Gasteiger partial charge on any atom is 0.255 e. The molecule has 0 saturated heterocycles. The number of carbonyl (C=O) groups is 1. The average Bonchev–Trinajstić information content (AvgIpc) is 2.86. The number of carbonyl (C=O) groups excluding carboxylic acids is 1. The van der Waals surface area contributed by atoms with Crippen molar-refractivity contribution in [3.05, 3.63) is 50.6 Å². The lowest BCUT2D eigenvalue weighted by Gasteiger charge is -2.24. The smallest absolute Gasteiger partial charge is 0.255 e. The molecule has 100 valence electrons. The summed E-state index contributed by atoms with van der Waals surface area (Å²) >= 11 is 4.51. The first-order chi connectivity index (χ1) is 8.92. The highest BCUT2D eigenvalue weighted by molar-refractivity contribution is 9.10. The van der Waals surface area contributed by atoms with Gasteiger partial charge in [0.15, 0.2) is 0 Å². The van der Waals surface area contributed by atoms with Gasteiger partial charge in [0.05, 0.1) is 15.6 Å². The van der Waals surface area contributed by atoms with Crippen LogP contribution in [0.5, 0.6) is 0 Å². The van der Waals surface area contributed by atoms with Crippen LogP contribution in [-0.2, 0) is 5.54 Å². The van der Waals surface area contributed by atoms with Crippen molar-refractivity contribution >= 4 is 33.2 Å². The first kappa shape index (κ1) is 14.1. The molecule has 2 aromatic rings. The second kappa shape index (κ2) is 5.38. The molecule has 1 aromatic carbocycles. The molecule has 1 N–H and O–H groups in total. The molecule has 0 aliphatic carbocycles. The molecular weight excluding hydrogens is 331 g/mol. The number of thiazole rings is 1. The number of nitrogens with one attached hydrogen (secondary N) is 1. The van der Waals surface area contributed by atoms with E-state index in [9.17, 15) is 9.18 Å². The first-order valence-corrected chi connectivity index (χ1v) is 7.25. The van der Waals surface area contributed by atoms with Gasteiger partial charge in [0.1, 0.15) is 10.8 Å². The first-order valence-electron chi connectivity index (χ1n) is 5.58. The molecule has 6 heteroatoms. The Morgan fingerprint density at radius 2 is 2.21 bits per heavy atom. The molecule has 0 unspecified atom stereocenters. The van der Waals surface area contributed by atoms with Crippen LogP contribution in [0, 0.1) is 5.82 Å². The monoisotopic (exact) mass is 342 g/mol. The molecule has 2 rings (SSSR count). The van der Waals surface area contributed by atoms with Crippen LogP contribution in [0.3, 0.4) is 0 Å². The van der Waals surface area contributed by atoms with E-state index in [1.165, 1.54) is 17.4 Å². The summed E-state index contributed by atoms with van der Waals surface area (Å²) < 4.78 is 14.1. The number of hydrogen-bond donors (Lipinski definition) is 1. The highest BCUT2D eigenvalue weighted by Crippen LogP contribution is 2.24. The summed E-state index contributed by atoms with van der Waals surface area (Å²) in [6, 6.07) is 4.63. The van der Waals surface area contributed by atoms with Gasteiger partial charge in [-0.3, -0.25) is 4.79 Å². The Balaban J connectivity index is 2.24. The van der Waals surface area contributed by atoms with E-state index in [0.717, 1.165) is 5.01 Å². The Labute approximate surface area is 123 Å². The standard InChI is InChI=1S/C13H12BrFN2OS/c1-13(2,12-16-6-7-19-12)17-11(18)8-4-3-5-9(14)10(8)15/h3-7H,1-2H3,(H,17,18). The predicted molar refractivity (Wildman–Crippen MR) is 76.7 cm³/mol. The fourth-order valence-electron chi connectivity index (χ4n) is 1.62. The molecule has 0 spiro atoms. The molecule has 0 aliphatic rings. The molecule has 1 aromatic heterocycles. The van der Waals surface area contributed by atoms with Gasteiger partial charge in [-0.15, -0.1) is 11.3 Å². The van der Waals surface area contributed by atoms with Crippen molar-refractivity contribution in [1.82, 2.24) is 10.3 Å². The minimum atomic E-state index is -0.639. The number of halogens is 2. The van der Waals surface area contributed by atoms with Crippen molar-refractivity contribution in [1.29, 1.82) is 0 Å². The fourth-order valence-corrected chi connectivity index (χ4v) is 2.70. The normalized spacial score (nSPS) is 11.4. The summed E-state index contributed by atoms with van der Waals surface area (Å²) in [6.45, 7) is 3.67. The van der Waals surface area contributed by atoms with Gasteiger partial charge in [-0.1, -0.05) is 6.07 Å². The van der Waals surface area contributed by atoms with Crippen molar-refractivity contribution in [2.75, 3.05) is 0 Å². The SMILES string of the molecule is CC(C)(NC(=O)c1cccc(Br)c1F)c1nccs1. The van der Waals surface area contributed by atoms with Gasteiger partial charge in [-0.25, -0.2) is 9.37 Å². The summed E-state index contributed by atoms with van der Waals surface area (Å²) in [5.74, 6) is -1.02. The maximum absolute atomic E-state index is 13.8. The molecule has 1 amide bonds. The van der Waals surface area contributed by atoms with Crippen molar-refractivity contribution in [3.63, 3.8) is 0 Å². The second-order valence-corrected chi connectivity index (χ2v) is 6.27. The van der Waals surface area contributed by atoms with Gasteiger partial charge in [-0.2, -0.15) is 0 Å². The van der Waals surface area contributed by atoms with E-state index in [1.807, 2.05) is 19.2 Å². The second-order valence-electron chi connectivity index (χ2n) is 4.52. The Morgan fingerprint density at radius 3 is 2.84 bits per heavy atom. The van der Waals surface area contributed by atoms with E-state index in [4.69, 9.17) is 0 Å². The number of nitrogens with zero attached hydrogens (tertiary/aromatic N) is 1. The van der Waals surface area contributed by atoms with E-state index in [-0.39, 0.29) is 10.0 Å². The minimum absolute atomic E-state index is 0.0130. The quantitative estimate of drug-likeness (QED) is 0.923. The van der Waals surface area contributed by atoms with Crippen LogP contribution < -0.4 is 5.32 Å². The summed E-state index contributed by atoms with van der Waals surface area (Å²) in [5.41, 5.74) is -0.626. The highest BCUT2D eigenvalue weighted by Gasteiger charge is 2.27. The van der Waals surface area contributed by atoms with E-state index >= 15 is 0 Å². The lowest BCUT2D eigenvalue weighted by atomic mass is 10.1.